The van der Waals surface area contributed by atoms with Crippen LogP contribution in [0.5, 0.6) is 0 Å². The van der Waals surface area contributed by atoms with E-state index in [4.69, 9.17) is 4.74 Å². The number of nitrogens with zero attached hydrogens (tertiary/aromatic N) is 2. The van der Waals surface area contributed by atoms with Crippen molar-refractivity contribution in [3.8, 4) is 0 Å². The molecule has 9 heteroatoms. The molecule has 0 unspecified atom stereocenters. The smallest absolute Gasteiger partial charge is 0.340 e. The van der Waals surface area contributed by atoms with Crippen molar-refractivity contribution in [3.63, 3.8) is 0 Å². The number of anilines is 1. The highest BCUT2D eigenvalue weighted by Crippen LogP contribution is 2.28. The fourth-order valence-corrected chi connectivity index (χ4v) is 4.73. The first-order valence-electron chi connectivity index (χ1n) is 9.00. The molecule has 1 aromatic heterocycles. The van der Waals surface area contributed by atoms with E-state index in [1.807, 2.05) is 6.92 Å². The van der Waals surface area contributed by atoms with Gasteiger partial charge in [-0.05, 0) is 26.0 Å². The Kier molecular flexibility index (Phi) is 6.79. The van der Waals surface area contributed by atoms with Gasteiger partial charge in [-0.1, -0.05) is 23.9 Å². The van der Waals surface area contributed by atoms with Crippen LogP contribution in [0.3, 0.4) is 0 Å². The number of para-hydroxylation sites is 1. The normalized spacial score (nSPS) is 12.5. The molecule has 1 aromatic carbocycles. The minimum Gasteiger partial charge on any atom is -0.462 e. The fraction of sp³-hybridized carbons (Fsp3) is 0.368. The van der Waals surface area contributed by atoms with Gasteiger partial charge in [0.05, 0.1) is 34.2 Å². The van der Waals surface area contributed by atoms with E-state index in [9.17, 15) is 14.4 Å². The average molecular weight is 420 g/mol. The van der Waals surface area contributed by atoms with Gasteiger partial charge in [0.2, 0.25) is 5.91 Å². The Hall–Kier alpha value is -2.26. The number of fused-ring (bicyclic) bond motifs is 1. The van der Waals surface area contributed by atoms with Crippen molar-refractivity contribution in [2.24, 2.45) is 0 Å². The lowest BCUT2D eigenvalue weighted by atomic mass is 10.2. The van der Waals surface area contributed by atoms with E-state index >= 15 is 0 Å². The lowest BCUT2D eigenvalue weighted by Crippen LogP contribution is -2.25. The van der Waals surface area contributed by atoms with Crippen LogP contribution in [-0.2, 0) is 22.5 Å². The summed E-state index contributed by atoms with van der Waals surface area (Å²) in [6.07, 6.45) is 0.770. The van der Waals surface area contributed by atoms with Gasteiger partial charge in [-0.25, -0.2) is 9.78 Å². The summed E-state index contributed by atoms with van der Waals surface area (Å²) >= 11 is 2.76. The van der Waals surface area contributed by atoms with E-state index in [1.54, 1.807) is 35.8 Å². The van der Waals surface area contributed by atoms with E-state index in [2.05, 4.69) is 10.3 Å². The molecule has 1 amide bonds. The molecule has 0 atom stereocenters. The Bertz CT molecular complexity index is 959. The largest absolute Gasteiger partial charge is 0.462 e. The zero-order valence-corrected chi connectivity index (χ0v) is 17.3. The van der Waals surface area contributed by atoms with E-state index in [0.717, 1.165) is 22.8 Å². The summed E-state index contributed by atoms with van der Waals surface area (Å²) in [7, 11) is 0. The van der Waals surface area contributed by atoms with E-state index in [1.165, 1.54) is 23.5 Å². The molecule has 1 aliphatic heterocycles. The molecule has 0 fully saturated rings. The van der Waals surface area contributed by atoms with Gasteiger partial charge in [0.1, 0.15) is 0 Å². The number of carbonyl (C=O) groups excluding carboxylic acids is 2. The van der Waals surface area contributed by atoms with Crippen LogP contribution in [-0.4, -0.2) is 39.5 Å². The number of thioether (sulfide) groups is 2. The Morgan fingerprint density at radius 2 is 2.11 bits per heavy atom. The van der Waals surface area contributed by atoms with Crippen molar-refractivity contribution in [1.29, 1.82) is 0 Å². The molecule has 1 N–H and O–H groups in total. The number of aryl methyl sites for hydroxylation is 1. The van der Waals surface area contributed by atoms with Crippen molar-refractivity contribution in [2.75, 3.05) is 23.4 Å². The van der Waals surface area contributed by atoms with Crippen LogP contribution in [0.1, 0.15) is 29.9 Å². The van der Waals surface area contributed by atoms with Gasteiger partial charge >= 0.3 is 5.97 Å². The third-order valence-corrected chi connectivity index (χ3v) is 6.18. The Balaban J connectivity index is 1.72. The Labute approximate surface area is 171 Å². The van der Waals surface area contributed by atoms with Gasteiger partial charge in [-0.3, -0.25) is 14.2 Å². The third kappa shape index (κ3) is 4.41. The molecular formula is C19H21N3O4S2. The number of ether oxygens (including phenoxy) is 1. The van der Waals surface area contributed by atoms with Gasteiger partial charge in [-0.2, -0.15) is 0 Å². The second kappa shape index (κ2) is 9.29. The fourth-order valence-electron chi connectivity index (χ4n) is 2.81. The summed E-state index contributed by atoms with van der Waals surface area (Å²) in [6.45, 7) is 4.36. The maximum atomic E-state index is 12.6. The molecular weight excluding hydrogens is 398 g/mol. The van der Waals surface area contributed by atoms with Crippen LogP contribution in [0.25, 0.3) is 0 Å². The lowest BCUT2D eigenvalue weighted by molar-refractivity contribution is -0.113. The molecule has 0 bridgehead atoms. The Morgan fingerprint density at radius 1 is 1.32 bits per heavy atom. The van der Waals surface area contributed by atoms with Gasteiger partial charge < -0.3 is 10.1 Å². The number of aromatic nitrogens is 2. The molecule has 2 heterocycles. The van der Waals surface area contributed by atoms with Gasteiger partial charge in [0.15, 0.2) is 5.16 Å². The van der Waals surface area contributed by atoms with Gasteiger partial charge in [0.25, 0.3) is 5.56 Å². The van der Waals surface area contributed by atoms with E-state index < -0.39 is 5.97 Å². The Morgan fingerprint density at radius 3 is 2.86 bits per heavy atom. The molecule has 1 aliphatic rings. The summed E-state index contributed by atoms with van der Waals surface area (Å²) in [5, 5.41) is 3.29. The first kappa shape index (κ1) is 20.5. The first-order valence-corrected chi connectivity index (χ1v) is 11.0. The van der Waals surface area contributed by atoms with Gasteiger partial charge in [-0.15, -0.1) is 11.8 Å². The number of nitrogens with one attached hydrogen (secondary N) is 1. The molecule has 0 radical (unpaired) electrons. The molecule has 2 aromatic rings. The molecule has 0 saturated carbocycles. The summed E-state index contributed by atoms with van der Waals surface area (Å²) in [4.78, 5) is 42.3. The second-order valence-electron chi connectivity index (χ2n) is 5.92. The number of esters is 1. The van der Waals surface area contributed by atoms with Crippen molar-refractivity contribution in [1.82, 2.24) is 9.55 Å². The highest BCUT2D eigenvalue weighted by atomic mass is 32.2. The maximum absolute atomic E-state index is 12.6. The number of benzene rings is 1. The molecule has 0 saturated heterocycles. The topological polar surface area (TPSA) is 90.3 Å². The number of hydrogen-bond acceptors (Lipinski definition) is 7. The molecule has 0 spiro atoms. The lowest BCUT2D eigenvalue weighted by Gasteiger charge is -2.12. The highest BCUT2D eigenvalue weighted by molar-refractivity contribution is 8.00. The van der Waals surface area contributed by atoms with E-state index in [-0.39, 0.29) is 23.8 Å². The van der Waals surface area contributed by atoms with Crippen LogP contribution in [0.2, 0.25) is 0 Å². The number of rotatable bonds is 7. The van der Waals surface area contributed by atoms with Crippen LogP contribution in [0.15, 0.2) is 39.1 Å². The SMILES string of the molecule is CCOC(=O)c1ccccc1NC(=O)CSc1nc2c(c(=O)n1CC)SCC2. The first-order chi connectivity index (χ1) is 13.5. The molecule has 148 valence electrons. The monoisotopic (exact) mass is 419 g/mol. The van der Waals surface area contributed by atoms with Crippen molar-refractivity contribution in [3.05, 3.63) is 45.9 Å². The van der Waals surface area contributed by atoms with E-state index in [0.29, 0.717) is 23.0 Å². The second-order valence-corrected chi connectivity index (χ2v) is 7.97. The third-order valence-electron chi connectivity index (χ3n) is 4.09. The minimum absolute atomic E-state index is 0.0365. The molecule has 7 nitrogen and oxygen atoms in total. The molecule has 3 rings (SSSR count). The van der Waals surface area contributed by atoms with Crippen molar-refractivity contribution < 1.29 is 14.3 Å². The zero-order valence-electron chi connectivity index (χ0n) is 15.7. The maximum Gasteiger partial charge on any atom is 0.340 e. The number of carbonyl (C=O) groups is 2. The summed E-state index contributed by atoms with van der Waals surface area (Å²) < 4.78 is 6.62. The summed E-state index contributed by atoms with van der Waals surface area (Å²) in [6, 6.07) is 6.71. The number of amides is 1. The van der Waals surface area contributed by atoms with Crippen molar-refractivity contribution >= 4 is 41.1 Å². The quantitative estimate of drug-likeness (QED) is 0.419. The summed E-state index contributed by atoms with van der Waals surface area (Å²) in [5.41, 5.74) is 1.49. The van der Waals surface area contributed by atoms with Crippen LogP contribution in [0, 0.1) is 0 Å². The van der Waals surface area contributed by atoms with Gasteiger partial charge in [0, 0.05) is 18.7 Å². The number of hydrogen-bond donors (Lipinski definition) is 1. The predicted octanol–water partition coefficient (Wildman–Crippen LogP) is 2.82. The molecule has 28 heavy (non-hydrogen) atoms. The zero-order chi connectivity index (χ0) is 20.1. The average Bonchev–Trinajstić information content (AvgIpc) is 3.16. The van der Waals surface area contributed by atoms with Crippen LogP contribution in [0.4, 0.5) is 5.69 Å². The van der Waals surface area contributed by atoms with Crippen LogP contribution < -0.4 is 10.9 Å². The standard InChI is InChI=1S/C19H21N3O4S2/c1-3-22-17(24)16-14(9-10-27-16)21-19(22)28-11-15(23)20-13-8-6-5-7-12(13)18(25)26-4-2/h5-8H,3-4,9-11H2,1-2H3,(H,20,23). The minimum atomic E-state index is -0.483. The highest BCUT2D eigenvalue weighted by Gasteiger charge is 2.22. The van der Waals surface area contributed by atoms with Crippen molar-refractivity contribution in [2.45, 2.75) is 36.9 Å². The van der Waals surface area contributed by atoms with Crippen LogP contribution >= 0.6 is 23.5 Å². The summed E-state index contributed by atoms with van der Waals surface area (Å²) in [5.74, 6) is 0.174. The predicted molar refractivity (Wildman–Crippen MR) is 110 cm³/mol. The molecule has 0 aliphatic carbocycles.